The Balaban J connectivity index is 1.38. The molecule has 1 N–H and O–H groups in total. The van der Waals surface area contributed by atoms with Gasteiger partial charge in [0.15, 0.2) is 0 Å². The Morgan fingerprint density at radius 1 is 0.976 bits per heavy atom. The van der Waals surface area contributed by atoms with Crippen molar-refractivity contribution in [3.05, 3.63) is 89.1 Å². The molecule has 2 aromatic heterocycles. The van der Waals surface area contributed by atoms with Crippen molar-refractivity contribution < 1.29 is 18.3 Å². The maximum absolute atomic E-state index is 13.7. The fraction of sp³-hybridized carbons (Fsp3) is 0.233. The number of hydrogen-bond acceptors (Lipinski definition) is 4. The number of aromatic nitrogens is 4. The number of ether oxygens (including phenoxy) is 1. The SMILES string of the molecule is [B]C([B])([B])N1C(=O)c2cccc(OC(F)F)c2[C@H]2C[C@@H]1c1nc3ccc(-c4ccc(-c5nc(C)[nH]c5C)cc4)cc3n12. The molecule has 1 amide bonds. The number of alkyl halides is 2. The van der Waals surface area contributed by atoms with Gasteiger partial charge in [0, 0.05) is 28.8 Å². The number of rotatable bonds is 5. The van der Waals surface area contributed by atoms with Crippen molar-refractivity contribution in [3.8, 4) is 28.1 Å². The van der Waals surface area contributed by atoms with E-state index in [-0.39, 0.29) is 17.7 Å². The number of amides is 1. The Kier molecular flexibility index (Phi) is 5.91. The molecule has 202 valence electrons. The average molecular weight is 555 g/mol. The second-order valence-corrected chi connectivity index (χ2v) is 10.8. The molecule has 4 heterocycles. The molecule has 0 fully saturated rings. The number of carbonyl (C=O) groups excluding carboxylic acids is 1. The number of imidazole rings is 2. The van der Waals surface area contributed by atoms with Crippen LogP contribution >= 0.6 is 0 Å². The van der Waals surface area contributed by atoms with Crippen LogP contribution in [0.5, 0.6) is 5.75 Å². The first kappa shape index (κ1) is 26.6. The van der Waals surface area contributed by atoms with Gasteiger partial charge in [-0.05, 0) is 49.2 Å². The third-order valence-corrected chi connectivity index (χ3v) is 8.06. The summed E-state index contributed by atoms with van der Waals surface area (Å²) >= 11 is 0. The van der Waals surface area contributed by atoms with Crippen LogP contribution in [0.3, 0.4) is 0 Å². The number of aromatic amines is 1. The van der Waals surface area contributed by atoms with Crippen LogP contribution in [0.4, 0.5) is 8.78 Å². The van der Waals surface area contributed by atoms with E-state index in [0.717, 1.165) is 39.4 Å². The molecule has 0 saturated heterocycles. The van der Waals surface area contributed by atoms with Crippen molar-refractivity contribution in [2.75, 3.05) is 0 Å². The van der Waals surface area contributed by atoms with Gasteiger partial charge in [-0.25, -0.2) is 9.97 Å². The van der Waals surface area contributed by atoms with Crippen molar-refractivity contribution in [3.63, 3.8) is 0 Å². The molecule has 2 bridgehead atoms. The molecule has 2 aliphatic heterocycles. The van der Waals surface area contributed by atoms with E-state index in [9.17, 15) is 13.6 Å². The van der Waals surface area contributed by atoms with Crippen molar-refractivity contribution in [2.45, 2.75) is 44.2 Å². The van der Waals surface area contributed by atoms with Crippen molar-refractivity contribution in [1.82, 2.24) is 24.4 Å². The molecule has 3 aromatic carbocycles. The Hall–Kier alpha value is -4.34. The summed E-state index contributed by atoms with van der Waals surface area (Å²) in [5.41, 5.74) is 6.71. The zero-order valence-corrected chi connectivity index (χ0v) is 22.8. The first-order valence-electron chi connectivity index (χ1n) is 13.4. The van der Waals surface area contributed by atoms with Crippen LogP contribution < -0.4 is 4.74 Å². The van der Waals surface area contributed by atoms with Gasteiger partial charge in [0.25, 0.3) is 5.91 Å². The minimum Gasteiger partial charge on any atom is -0.434 e. The molecule has 2 atom stereocenters. The van der Waals surface area contributed by atoms with E-state index in [4.69, 9.17) is 33.3 Å². The molecular formula is C30H22B3F2N5O2. The average Bonchev–Trinajstić information content (AvgIpc) is 3.56. The fourth-order valence-electron chi connectivity index (χ4n) is 6.45. The van der Waals surface area contributed by atoms with Gasteiger partial charge in [-0.1, -0.05) is 41.6 Å². The van der Waals surface area contributed by atoms with Gasteiger partial charge in [0.2, 0.25) is 0 Å². The molecule has 0 saturated carbocycles. The van der Waals surface area contributed by atoms with Crippen LogP contribution in [0.15, 0.2) is 60.7 Å². The first-order valence-corrected chi connectivity index (χ1v) is 13.4. The molecular weight excluding hydrogens is 533 g/mol. The quantitative estimate of drug-likeness (QED) is 0.313. The summed E-state index contributed by atoms with van der Waals surface area (Å²) in [6, 6.07) is 17.2. The van der Waals surface area contributed by atoms with Crippen LogP contribution in [0.2, 0.25) is 0 Å². The van der Waals surface area contributed by atoms with Crippen LogP contribution in [0.25, 0.3) is 33.4 Å². The van der Waals surface area contributed by atoms with Gasteiger partial charge in [0.05, 0.1) is 52.3 Å². The van der Waals surface area contributed by atoms with E-state index in [2.05, 4.69) is 9.97 Å². The molecule has 0 aliphatic carbocycles. The summed E-state index contributed by atoms with van der Waals surface area (Å²) in [6.07, 6.45) is 0.287. The van der Waals surface area contributed by atoms with E-state index in [0.29, 0.717) is 16.9 Å². The lowest BCUT2D eigenvalue weighted by Crippen LogP contribution is -2.54. The summed E-state index contributed by atoms with van der Waals surface area (Å²) < 4.78 is 33.8. The standard InChI is InChI=1S/C30H22B3F2N5O2/c1-14-26(37-15(2)36-14)17-8-6-16(7-9-17)18-10-11-20-21(12-18)39-22-13-23(27(39)38-20)40(30(31,32)33)28(41)19-4-3-5-24(25(19)22)42-29(34)35/h3-12,22-23,29H,13H2,1-2H3,(H,36,37)/t22-,23-/m1/s1. The highest BCUT2D eigenvalue weighted by molar-refractivity contribution is 6.60. The Labute approximate surface area is 244 Å². The van der Waals surface area contributed by atoms with Gasteiger partial charge < -0.3 is 19.2 Å². The summed E-state index contributed by atoms with van der Waals surface area (Å²) in [6.45, 7) is 0.833. The maximum atomic E-state index is 13.7. The minimum absolute atomic E-state index is 0.0940. The van der Waals surface area contributed by atoms with Crippen LogP contribution in [0, 0.1) is 13.8 Å². The molecule has 7 nitrogen and oxygen atoms in total. The largest absolute Gasteiger partial charge is 0.434 e. The second kappa shape index (κ2) is 9.34. The number of H-pyrrole nitrogens is 1. The molecule has 42 heavy (non-hydrogen) atoms. The highest BCUT2D eigenvalue weighted by atomic mass is 19.3. The molecule has 12 heteroatoms. The minimum atomic E-state index is -3.08. The molecule has 0 unspecified atom stereocenters. The molecule has 5 aromatic rings. The summed E-state index contributed by atoms with van der Waals surface area (Å²) in [5, 5.41) is -2.03. The second-order valence-electron chi connectivity index (χ2n) is 10.8. The van der Waals surface area contributed by atoms with Crippen LogP contribution in [-0.2, 0) is 0 Å². The number of benzene rings is 3. The lowest BCUT2D eigenvalue weighted by Gasteiger charge is -2.41. The smallest absolute Gasteiger partial charge is 0.387 e. The first-order chi connectivity index (χ1) is 20.0. The Morgan fingerprint density at radius 3 is 2.36 bits per heavy atom. The number of halogens is 2. The normalized spacial score (nSPS) is 17.9. The van der Waals surface area contributed by atoms with Gasteiger partial charge in [-0.3, -0.25) is 4.79 Å². The number of aryl methyl sites for hydroxylation is 2. The van der Waals surface area contributed by atoms with Crippen molar-refractivity contribution in [1.29, 1.82) is 0 Å². The van der Waals surface area contributed by atoms with E-state index in [1.807, 2.05) is 60.9 Å². The van der Waals surface area contributed by atoms with Gasteiger partial charge in [0.1, 0.15) is 17.4 Å². The maximum Gasteiger partial charge on any atom is 0.387 e. The van der Waals surface area contributed by atoms with Gasteiger partial charge in [-0.2, -0.15) is 8.78 Å². The molecule has 0 spiro atoms. The number of hydrogen-bond donors (Lipinski definition) is 1. The molecule has 2 aliphatic rings. The van der Waals surface area contributed by atoms with Crippen molar-refractivity contribution in [2.24, 2.45) is 0 Å². The topological polar surface area (TPSA) is 76.0 Å². The zero-order valence-electron chi connectivity index (χ0n) is 22.8. The van der Waals surface area contributed by atoms with Crippen LogP contribution in [0.1, 0.15) is 51.8 Å². The summed E-state index contributed by atoms with van der Waals surface area (Å²) in [5.74, 6) is 0.700. The van der Waals surface area contributed by atoms with E-state index in [1.165, 1.54) is 17.0 Å². The number of nitrogens with one attached hydrogen (secondary N) is 1. The lowest BCUT2D eigenvalue weighted by atomic mass is 9.48. The predicted molar refractivity (Wildman–Crippen MR) is 157 cm³/mol. The summed E-state index contributed by atoms with van der Waals surface area (Å²) in [4.78, 5) is 27.6. The molecule has 7 rings (SSSR count). The molecule has 6 radical (unpaired) electrons. The zero-order chi connectivity index (χ0) is 29.5. The van der Waals surface area contributed by atoms with E-state index < -0.39 is 29.8 Å². The lowest BCUT2D eigenvalue weighted by molar-refractivity contribution is -0.0507. The highest BCUT2D eigenvalue weighted by Crippen LogP contribution is 2.51. The van der Waals surface area contributed by atoms with Crippen LogP contribution in [-0.4, -0.2) is 65.7 Å². The monoisotopic (exact) mass is 555 g/mol. The van der Waals surface area contributed by atoms with Gasteiger partial charge >= 0.3 is 6.61 Å². The van der Waals surface area contributed by atoms with Gasteiger partial charge in [-0.15, -0.1) is 0 Å². The van der Waals surface area contributed by atoms with E-state index in [1.54, 1.807) is 6.07 Å². The predicted octanol–water partition coefficient (Wildman–Crippen LogP) is 4.92. The van der Waals surface area contributed by atoms with E-state index >= 15 is 0 Å². The fourth-order valence-corrected chi connectivity index (χ4v) is 6.45. The summed E-state index contributed by atoms with van der Waals surface area (Å²) in [7, 11) is 18.3. The Morgan fingerprint density at radius 2 is 1.69 bits per heavy atom. The Bertz CT molecular complexity index is 1880. The number of carbonyl (C=O) groups is 1. The highest BCUT2D eigenvalue weighted by Gasteiger charge is 2.48. The number of nitrogens with zero attached hydrogens (tertiary/aromatic N) is 4. The third kappa shape index (κ3) is 4.07. The number of fused-ring (bicyclic) bond motifs is 9. The van der Waals surface area contributed by atoms with Crippen molar-refractivity contribution >= 4 is 40.5 Å². The third-order valence-electron chi connectivity index (χ3n) is 8.06.